The lowest BCUT2D eigenvalue weighted by Crippen LogP contribution is -2.37. The minimum absolute atomic E-state index is 0.524. The smallest absolute Gasteiger partial charge is 0.226 e. The van der Waals surface area contributed by atoms with Crippen molar-refractivity contribution in [1.29, 1.82) is 0 Å². The van der Waals surface area contributed by atoms with Gasteiger partial charge in [0.05, 0.1) is 26.0 Å². The Hall–Kier alpha value is -3.48. The van der Waals surface area contributed by atoms with E-state index in [1.807, 2.05) is 54.6 Å². The minimum atomic E-state index is 0.524. The van der Waals surface area contributed by atoms with Gasteiger partial charge in [-0.05, 0) is 30.7 Å². The first-order chi connectivity index (χ1) is 14.3. The molecule has 3 rings (SSSR count). The van der Waals surface area contributed by atoms with Gasteiger partial charge in [-0.1, -0.05) is 24.3 Å². The second-order valence-corrected chi connectivity index (χ2v) is 6.24. The van der Waals surface area contributed by atoms with Gasteiger partial charge in [0.25, 0.3) is 0 Å². The van der Waals surface area contributed by atoms with Crippen LogP contribution in [0.5, 0.6) is 11.5 Å². The van der Waals surface area contributed by atoms with Gasteiger partial charge in [-0.15, -0.1) is 0 Å². The largest absolute Gasteiger partial charge is 0.497 e. The predicted octanol–water partition coefficient (Wildman–Crippen LogP) is 3.48. The van der Waals surface area contributed by atoms with Crippen molar-refractivity contribution in [3.05, 3.63) is 66.6 Å². The molecule has 29 heavy (non-hydrogen) atoms. The van der Waals surface area contributed by atoms with Crippen LogP contribution in [0.1, 0.15) is 12.1 Å². The van der Waals surface area contributed by atoms with E-state index in [0.717, 1.165) is 35.7 Å². The van der Waals surface area contributed by atoms with E-state index in [4.69, 9.17) is 13.9 Å². The second-order valence-electron chi connectivity index (χ2n) is 6.24. The number of benzene rings is 2. The molecule has 0 aliphatic heterocycles. The van der Waals surface area contributed by atoms with Crippen molar-refractivity contribution >= 4 is 5.96 Å². The highest BCUT2D eigenvalue weighted by Gasteiger charge is 2.07. The summed E-state index contributed by atoms with van der Waals surface area (Å²) in [6, 6.07) is 17.4. The zero-order valence-electron chi connectivity index (χ0n) is 16.7. The molecule has 152 valence electrons. The summed E-state index contributed by atoms with van der Waals surface area (Å²) >= 11 is 0. The van der Waals surface area contributed by atoms with Gasteiger partial charge in [0, 0.05) is 25.2 Å². The van der Waals surface area contributed by atoms with Crippen LogP contribution in [0.15, 0.2) is 70.3 Å². The second kappa shape index (κ2) is 10.8. The average molecular weight is 394 g/mol. The molecule has 0 saturated carbocycles. The molecule has 1 heterocycles. The molecule has 7 heteroatoms. The van der Waals surface area contributed by atoms with Crippen LogP contribution in [-0.2, 0) is 6.54 Å². The minimum Gasteiger partial charge on any atom is -0.497 e. The molecule has 2 aromatic carbocycles. The predicted molar refractivity (Wildman–Crippen MR) is 113 cm³/mol. The number of hydrogen-bond donors (Lipinski definition) is 2. The van der Waals surface area contributed by atoms with Crippen molar-refractivity contribution in [1.82, 2.24) is 15.6 Å². The summed E-state index contributed by atoms with van der Waals surface area (Å²) in [6.07, 6.45) is 2.49. The lowest BCUT2D eigenvalue weighted by Gasteiger charge is -2.11. The molecular formula is C22H26N4O3. The van der Waals surface area contributed by atoms with Gasteiger partial charge >= 0.3 is 0 Å². The van der Waals surface area contributed by atoms with E-state index in [9.17, 15) is 0 Å². The Morgan fingerprint density at radius 1 is 1.07 bits per heavy atom. The summed E-state index contributed by atoms with van der Waals surface area (Å²) in [6.45, 7) is 1.86. The maximum atomic E-state index is 5.74. The van der Waals surface area contributed by atoms with Crippen LogP contribution in [0.25, 0.3) is 11.5 Å². The molecule has 0 saturated heterocycles. The van der Waals surface area contributed by atoms with Gasteiger partial charge in [0.2, 0.25) is 5.89 Å². The molecule has 0 aliphatic rings. The third-order valence-electron chi connectivity index (χ3n) is 4.16. The normalized spacial score (nSPS) is 11.2. The van der Waals surface area contributed by atoms with E-state index in [1.165, 1.54) is 0 Å². The molecule has 0 spiro atoms. The van der Waals surface area contributed by atoms with Crippen molar-refractivity contribution in [3.63, 3.8) is 0 Å². The highest BCUT2D eigenvalue weighted by atomic mass is 16.5. The molecule has 0 amide bonds. The Labute approximate surface area is 170 Å². The number of hydrogen-bond acceptors (Lipinski definition) is 5. The molecule has 2 N–H and O–H groups in total. The number of nitrogens with one attached hydrogen (secondary N) is 2. The van der Waals surface area contributed by atoms with Crippen LogP contribution in [0.4, 0.5) is 0 Å². The number of aromatic nitrogens is 1. The monoisotopic (exact) mass is 394 g/mol. The summed E-state index contributed by atoms with van der Waals surface area (Å²) < 4.78 is 16.5. The Morgan fingerprint density at radius 3 is 2.69 bits per heavy atom. The molecule has 1 aromatic heterocycles. The van der Waals surface area contributed by atoms with Crippen LogP contribution in [0.3, 0.4) is 0 Å². The Kier molecular flexibility index (Phi) is 7.51. The number of ether oxygens (including phenoxy) is 2. The van der Waals surface area contributed by atoms with E-state index in [2.05, 4.69) is 20.6 Å². The summed E-state index contributed by atoms with van der Waals surface area (Å²) in [4.78, 5) is 8.73. The van der Waals surface area contributed by atoms with E-state index >= 15 is 0 Å². The molecule has 7 nitrogen and oxygen atoms in total. The summed E-state index contributed by atoms with van der Waals surface area (Å²) in [5, 5.41) is 6.50. The standard InChI is InChI=1S/C22H26N4O3/c1-23-22(24-12-7-13-28-20-11-6-10-19(14-20)27-2)25-15-18-16-29-21(26-18)17-8-4-3-5-9-17/h3-6,8-11,14,16H,7,12-13,15H2,1-2H3,(H2,23,24,25). The number of guanidine groups is 1. The molecule has 0 fully saturated rings. The lowest BCUT2D eigenvalue weighted by molar-refractivity contribution is 0.308. The number of aliphatic imine (C=N–C) groups is 1. The van der Waals surface area contributed by atoms with Crippen LogP contribution in [0, 0.1) is 0 Å². The molecule has 0 unspecified atom stereocenters. The fourth-order valence-electron chi connectivity index (χ4n) is 2.66. The third kappa shape index (κ3) is 6.27. The van der Waals surface area contributed by atoms with Gasteiger partial charge in [-0.3, -0.25) is 4.99 Å². The van der Waals surface area contributed by atoms with Crippen LogP contribution < -0.4 is 20.1 Å². The van der Waals surface area contributed by atoms with Crippen LogP contribution in [0.2, 0.25) is 0 Å². The number of oxazole rings is 1. The average Bonchev–Trinajstić information content (AvgIpc) is 3.25. The van der Waals surface area contributed by atoms with Gasteiger partial charge in [-0.25, -0.2) is 4.98 Å². The van der Waals surface area contributed by atoms with Crippen molar-refractivity contribution in [2.75, 3.05) is 27.3 Å². The highest BCUT2D eigenvalue weighted by molar-refractivity contribution is 5.79. The van der Waals surface area contributed by atoms with Crippen LogP contribution >= 0.6 is 0 Å². The van der Waals surface area contributed by atoms with Gasteiger partial charge in [0.15, 0.2) is 5.96 Å². The molecule has 0 radical (unpaired) electrons. The zero-order chi connectivity index (χ0) is 20.3. The summed E-state index contributed by atoms with van der Waals surface area (Å²) in [7, 11) is 3.38. The first-order valence-corrected chi connectivity index (χ1v) is 9.49. The Bertz CT molecular complexity index is 909. The molecule has 3 aromatic rings. The Morgan fingerprint density at radius 2 is 1.90 bits per heavy atom. The molecular weight excluding hydrogens is 368 g/mol. The lowest BCUT2D eigenvalue weighted by atomic mass is 10.2. The first-order valence-electron chi connectivity index (χ1n) is 9.49. The Balaban J connectivity index is 1.37. The quantitative estimate of drug-likeness (QED) is 0.329. The fraction of sp³-hybridized carbons (Fsp3) is 0.273. The number of nitrogens with zero attached hydrogens (tertiary/aromatic N) is 2. The molecule has 0 bridgehead atoms. The first kappa shape index (κ1) is 20.3. The van der Waals surface area contributed by atoms with E-state index in [1.54, 1.807) is 20.4 Å². The highest BCUT2D eigenvalue weighted by Crippen LogP contribution is 2.19. The van der Waals surface area contributed by atoms with Crippen LogP contribution in [-0.4, -0.2) is 38.3 Å². The van der Waals surface area contributed by atoms with E-state index < -0.39 is 0 Å². The SMILES string of the molecule is CN=C(NCCCOc1cccc(OC)c1)NCc1coc(-c2ccccc2)n1. The third-order valence-corrected chi connectivity index (χ3v) is 4.16. The number of methoxy groups -OCH3 is 1. The number of rotatable bonds is 9. The van der Waals surface area contributed by atoms with Crippen molar-refractivity contribution in [2.24, 2.45) is 4.99 Å². The maximum absolute atomic E-state index is 5.74. The van der Waals surface area contributed by atoms with Crippen molar-refractivity contribution in [3.8, 4) is 23.0 Å². The zero-order valence-corrected chi connectivity index (χ0v) is 16.7. The van der Waals surface area contributed by atoms with Crippen molar-refractivity contribution < 1.29 is 13.9 Å². The van der Waals surface area contributed by atoms with Crippen molar-refractivity contribution in [2.45, 2.75) is 13.0 Å². The van der Waals surface area contributed by atoms with Gasteiger partial charge in [0.1, 0.15) is 17.8 Å². The summed E-state index contributed by atoms with van der Waals surface area (Å²) in [5.74, 6) is 2.90. The maximum Gasteiger partial charge on any atom is 0.226 e. The van der Waals surface area contributed by atoms with E-state index in [0.29, 0.717) is 25.0 Å². The molecule has 0 atom stereocenters. The van der Waals surface area contributed by atoms with Gasteiger partial charge in [-0.2, -0.15) is 0 Å². The summed E-state index contributed by atoms with van der Waals surface area (Å²) in [5.41, 5.74) is 1.77. The van der Waals surface area contributed by atoms with Gasteiger partial charge < -0.3 is 24.5 Å². The fourth-order valence-corrected chi connectivity index (χ4v) is 2.66. The topological polar surface area (TPSA) is 80.9 Å². The van der Waals surface area contributed by atoms with E-state index in [-0.39, 0.29) is 0 Å². The molecule has 0 aliphatic carbocycles.